The van der Waals surface area contributed by atoms with Crippen LogP contribution in [0.4, 0.5) is 4.79 Å². The number of nitrogens with one attached hydrogen (secondary N) is 1. The molecule has 0 unspecified atom stereocenters. The van der Waals surface area contributed by atoms with E-state index in [2.05, 4.69) is 0 Å². The Morgan fingerprint density at radius 3 is 2.13 bits per heavy atom. The second-order valence-electron chi connectivity index (χ2n) is 7.35. The first-order valence-corrected chi connectivity index (χ1v) is 7.22. The van der Waals surface area contributed by atoms with E-state index in [1.165, 1.54) is 0 Å². The number of amides is 1. The van der Waals surface area contributed by atoms with Crippen LogP contribution in [0.5, 0.6) is 0 Å². The van der Waals surface area contributed by atoms with E-state index in [0.29, 0.717) is 0 Å². The largest absolute Gasteiger partial charge is 0.442 e. The maximum atomic E-state index is 12.1. The quantitative estimate of drug-likeness (QED) is 0.578. The minimum atomic E-state index is -1.29. The SMILES string of the molecule is CC(C)(C)OC(=O)NOC(=O)[C@@H](C[C@@H](O)C[N+](=O)[O-])C(C)(C)C. The van der Waals surface area contributed by atoms with Gasteiger partial charge in [0.25, 0.3) is 0 Å². The van der Waals surface area contributed by atoms with Gasteiger partial charge >= 0.3 is 12.1 Å². The first-order valence-electron chi connectivity index (χ1n) is 7.22. The molecule has 0 aliphatic heterocycles. The van der Waals surface area contributed by atoms with Crippen molar-refractivity contribution in [1.29, 1.82) is 0 Å². The fraction of sp³-hybridized carbons (Fsp3) is 0.857. The number of nitro groups is 1. The third kappa shape index (κ3) is 9.67. The van der Waals surface area contributed by atoms with E-state index in [4.69, 9.17) is 9.57 Å². The van der Waals surface area contributed by atoms with Gasteiger partial charge in [-0.25, -0.2) is 9.59 Å². The van der Waals surface area contributed by atoms with Gasteiger partial charge in [0.2, 0.25) is 6.54 Å². The fourth-order valence-corrected chi connectivity index (χ4v) is 1.78. The zero-order valence-corrected chi connectivity index (χ0v) is 14.4. The molecule has 2 N–H and O–H groups in total. The molecular formula is C14H26N2O7. The smallest absolute Gasteiger partial charge is 0.441 e. The minimum Gasteiger partial charge on any atom is -0.442 e. The van der Waals surface area contributed by atoms with E-state index in [9.17, 15) is 24.8 Å². The molecule has 0 saturated carbocycles. The second-order valence-corrected chi connectivity index (χ2v) is 7.35. The first kappa shape index (κ1) is 21.1. The highest BCUT2D eigenvalue weighted by atomic mass is 16.7. The van der Waals surface area contributed by atoms with Crippen molar-refractivity contribution in [2.75, 3.05) is 6.54 Å². The van der Waals surface area contributed by atoms with Crippen LogP contribution >= 0.6 is 0 Å². The Kier molecular flexibility index (Phi) is 7.42. The maximum Gasteiger partial charge on any atom is 0.441 e. The number of hydrogen-bond acceptors (Lipinski definition) is 7. The molecule has 0 aromatic carbocycles. The molecule has 0 heterocycles. The summed E-state index contributed by atoms with van der Waals surface area (Å²) in [5.74, 6) is -1.64. The van der Waals surface area contributed by atoms with Crippen molar-refractivity contribution in [3.63, 3.8) is 0 Å². The molecule has 0 radical (unpaired) electrons. The third-order valence-corrected chi connectivity index (χ3v) is 2.83. The maximum absolute atomic E-state index is 12.1. The first-order chi connectivity index (χ1) is 10.2. The van der Waals surface area contributed by atoms with Crippen LogP contribution in [-0.4, -0.2) is 40.3 Å². The topological polar surface area (TPSA) is 128 Å². The Labute approximate surface area is 135 Å². The lowest BCUT2D eigenvalue weighted by atomic mass is 9.77. The minimum absolute atomic E-state index is 0.153. The van der Waals surface area contributed by atoms with Crippen molar-refractivity contribution in [1.82, 2.24) is 5.48 Å². The molecule has 0 spiro atoms. The van der Waals surface area contributed by atoms with Gasteiger partial charge in [-0.05, 0) is 32.6 Å². The normalized spacial score (nSPS) is 14.6. The summed E-state index contributed by atoms with van der Waals surface area (Å²) in [6.07, 6.45) is -2.37. The van der Waals surface area contributed by atoms with Gasteiger partial charge in [-0.2, -0.15) is 0 Å². The molecule has 0 rings (SSSR count). The lowest BCUT2D eigenvalue weighted by Gasteiger charge is -2.29. The molecule has 0 aliphatic carbocycles. The average molecular weight is 334 g/mol. The molecule has 2 atom stereocenters. The predicted molar refractivity (Wildman–Crippen MR) is 80.9 cm³/mol. The summed E-state index contributed by atoms with van der Waals surface area (Å²) in [6, 6.07) is 0. The van der Waals surface area contributed by atoms with E-state index < -0.39 is 46.6 Å². The van der Waals surface area contributed by atoms with Gasteiger partial charge in [-0.1, -0.05) is 20.8 Å². The summed E-state index contributed by atoms with van der Waals surface area (Å²) >= 11 is 0. The lowest BCUT2D eigenvalue weighted by molar-refractivity contribution is -0.490. The summed E-state index contributed by atoms with van der Waals surface area (Å²) in [5.41, 5.74) is 0.510. The van der Waals surface area contributed by atoms with E-state index in [0.717, 1.165) is 0 Å². The van der Waals surface area contributed by atoms with Crippen LogP contribution in [0.25, 0.3) is 0 Å². The van der Waals surface area contributed by atoms with Gasteiger partial charge in [-0.3, -0.25) is 10.1 Å². The van der Waals surface area contributed by atoms with Crippen molar-refractivity contribution in [2.45, 2.75) is 59.7 Å². The van der Waals surface area contributed by atoms with Gasteiger partial charge in [0.15, 0.2) is 0 Å². The number of aliphatic hydroxyl groups excluding tert-OH is 1. The zero-order valence-electron chi connectivity index (χ0n) is 14.4. The lowest BCUT2D eigenvalue weighted by Crippen LogP contribution is -2.40. The average Bonchev–Trinajstić information content (AvgIpc) is 2.28. The Hall–Kier alpha value is -1.90. The molecule has 0 fully saturated rings. The third-order valence-electron chi connectivity index (χ3n) is 2.83. The van der Waals surface area contributed by atoms with Crippen molar-refractivity contribution < 1.29 is 29.2 Å². The number of rotatable bonds is 5. The fourth-order valence-electron chi connectivity index (χ4n) is 1.78. The number of hydrogen-bond donors (Lipinski definition) is 2. The second kappa shape index (κ2) is 8.09. The molecule has 0 aromatic rings. The van der Waals surface area contributed by atoms with Crippen LogP contribution < -0.4 is 5.48 Å². The number of hydroxylamine groups is 1. The molecule has 134 valence electrons. The van der Waals surface area contributed by atoms with Gasteiger partial charge in [0, 0.05) is 4.92 Å². The molecule has 1 amide bonds. The number of ether oxygens (including phenoxy) is 1. The van der Waals surface area contributed by atoms with Crippen LogP contribution in [-0.2, 0) is 14.4 Å². The summed E-state index contributed by atoms with van der Waals surface area (Å²) in [6.45, 7) is 9.47. The highest BCUT2D eigenvalue weighted by Gasteiger charge is 2.36. The number of carbonyl (C=O) groups excluding carboxylic acids is 2. The predicted octanol–water partition coefficient (Wildman–Crippen LogP) is 1.66. The van der Waals surface area contributed by atoms with Crippen LogP contribution in [0.2, 0.25) is 0 Å². The van der Waals surface area contributed by atoms with Crippen LogP contribution in [0.15, 0.2) is 0 Å². The molecule has 9 nitrogen and oxygen atoms in total. The molecule has 0 bridgehead atoms. The zero-order chi connectivity index (χ0) is 18.4. The Morgan fingerprint density at radius 2 is 1.74 bits per heavy atom. The highest BCUT2D eigenvalue weighted by Crippen LogP contribution is 2.30. The summed E-state index contributed by atoms with van der Waals surface area (Å²) < 4.78 is 4.92. The summed E-state index contributed by atoms with van der Waals surface area (Å²) in [4.78, 5) is 38.0. The number of carbonyl (C=O) groups is 2. The van der Waals surface area contributed by atoms with Gasteiger partial charge < -0.3 is 14.7 Å². The van der Waals surface area contributed by atoms with Crippen LogP contribution in [0.3, 0.4) is 0 Å². The molecule has 9 heteroatoms. The Bertz CT molecular complexity index is 437. The summed E-state index contributed by atoms with van der Waals surface area (Å²) in [7, 11) is 0. The molecule has 0 aromatic heterocycles. The highest BCUT2D eigenvalue weighted by molar-refractivity contribution is 5.75. The van der Waals surface area contributed by atoms with Crippen LogP contribution in [0, 0.1) is 21.4 Å². The van der Waals surface area contributed by atoms with Gasteiger partial charge in [-0.15, -0.1) is 5.48 Å². The van der Waals surface area contributed by atoms with E-state index in [1.54, 1.807) is 41.5 Å². The van der Waals surface area contributed by atoms with E-state index in [-0.39, 0.29) is 6.42 Å². The van der Waals surface area contributed by atoms with Crippen molar-refractivity contribution in [2.24, 2.45) is 11.3 Å². The van der Waals surface area contributed by atoms with Gasteiger partial charge in [0.05, 0.1) is 5.92 Å². The van der Waals surface area contributed by atoms with E-state index in [1.807, 2.05) is 5.48 Å². The number of nitrogens with zero attached hydrogens (tertiary/aromatic N) is 1. The molecule has 0 saturated heterocycles. The summed E-state index contributed by atoms with van der Waals surface area (Å²) in [5, 5.41) is 20.1. The molecule has 0 aliphatic rings. The molecular weight excluding hydrogens is 308 g/mol. The van der Waals surface area contributed by atoms with Crippen molar-refractivity contribution >= 4 is 12.1 Å². The molecule has 23 heavy (non-hydrogen) atoms. The van der Waals surface area contributed by atoms with Gasteiger partial charge in [0.1, 0.15) is 11.7 Å². The Morgan fingerprint density at radius 1 is 1.22 bits per heavy atom. The van der Waals surface area contributed by atoms with Crippen LogP contribution in [0.1, 0.15) is 48.0 Å². The van der Waals surface area contributed by atoms with Crippen molar-refractivity contribution in [3.05, 3.63) is 10.1 Å². The Balaban J connectivity index is 4.71. The van der Waals surface area contributed by atoms with E-state index >= 15 is 0 Å². The number of aliphatic hydroxyl groups is 1. The van der Waals surface area contributed by atoms with Crippen molar-refractivity contribution in [3.8, 4) is 0 Å². The standard InChI is InChI=1S/C14H26N2O7/c1-13(2,3)10(7-9(17)8-16(20)21)11(18)23-15-12(19)22-14(4,5)6/h9-10,17H,7-8H2,1-6H3,(H,15,19)/t9-,10-/m1/s1. The monoisotopic (exact) mass is 334 g/mol.